The van der Waals surface area contributed by atoms with Crippen LogP contribution in [0.25, 0.3) is 0 Å². The topological polar surface area (TPSA) is 23.5 Å². The van der Waals surface area contributed by atoms with E-state index in [0.717, 1.165) is 0 Å². The molecular weight excluding hydrogens is 174 g/mol. The molecule has 0 radical (unpaired) electrons. The van der Waals surface area contributed by atoms with Gasteiger partial charge in [0.1, 0.15) is 0 Å². The van der Waals surface area contributed by atoms with Crippen molar-refractivity contribution in [2.24, 2.45) is 5.41 Å². The Morgan fingerprint density at radius 3 is 2.07 bits per heavy atom. The van der Waals surface area contributed by atoms with E-state index in [9.17, 15) is 0 Å². The third kappa shape index (κ3) is 2.48. The summed E-state index contributed by atoms with van der Waals surface area (Å²) in [5.74, 6) is 0. The Hall–Kier alpha value is -0.0800. The molecule has 0 bridgehead atoms. The Labute approximate surface area is 88.3 Å². The smallest absolute Gasteiger partial charge is 0.0584 e. The van der Waals surface area contributed by atoms with E-state index in [1.54, 1.807) is 0 Å². The van der Waals surface area contributed by atoms with Crippen LogP contribution in [0.2, 0.25) is 0 Å². The highest BCUT2D eigenvalue weighted by Gasteiger charge is 2.42. The molecule has 1 rings (SSSR count). The summed E-state index contributed by atoms with van der Waals surface area (Å²) in [6, 6.07) is 0.358. The zero-order valence-electron chi connectivity index (χ0n) is 9.92. The van der Waals surface area contributed by atoms with Crippen molar-refractivity contribution >= 4 is 0 Å². The average Bonchev–Trinajstić information content (AvgIpc) is 2.12. The van der Waals surface area contributed by atoms with Gasteiger partial charge in [-0.25, -0.2) is 0 Å². The van der Waals surface area contributed by atoms with E-state index in [0.29, 0.717) is 18.1 Å². The van der Waals surface area contributed by atoms with E-state index >= 15 is 0 Å². The molecule has 0 aromatic rings. The van der Waals surface area contributed by atoms with E-state index in [1.807, 2.05) is 0 Å². The van der Waals surface area contributed by atoms with Gasteiger partial charge in [0.2, 0.25) is 0 Å². The lowest BCUT2D eigenvalue weighted by Gasteiger charge is -2.53. The van der Waals surface area contributed by atoms with E-state index in [2.05, 4.69) is 25.7 Å². The highest BCUT2D eigenvalue weighted by molar-refractivity contribution is 4.95. The maximum Gasteiger partial charge on any atom is 0.0584 e. The number of aliphatic hydroxyl groups excluding tert-OH is 1. The van der Waals surface area contributed by atoms with E-state index < -0.39 is 0 Å². The van der Waals surface area contributed by atoms with E-state index in [1.165, 1.54) is 38.8 Å². The van der Waals surface area contributed by atoms with Crippen LogP contribution in [0.1, 0.15) is 46.5 Å². The molecule has 0 amide bonds. The van der Waals surface area contributed by atoms with Gasteiger partial charge in [-0.05, 0) is 25.2 Å². The maximum atomic E-state index is 9.06. The van der Waals surface area contributed by atoms with Crippen molar-refractivity contribution in [2.45, 2.75) is 52.5 Å². The van der Waals surface area contributed by atoms with Crippen LogP contribution in [-0.4, -0.2) is 35.7 Å². The summed E-state index contributed by atoms with van der Waals surface area (Å²) in [5, 5.41) is 9.06. The van der Waals surface area contributed by atoms with Crippen molar-refractivity contribution in [2.75, 3.05) is 19.7 Å². The lowest BCUT2D eigenvalue weighted by atomic mass is 9.72. The second-order valence-electron chi connectivity index (χ2n) is 4.94. The van der Waals surface area contributed by atoms with Gasteiger partial charge < -0.3 is 5.11 Å². The van der Waals surface area contributed by atoms with Crippen LogP contribution < -0.4 is 0 Å². The first kappa shape index (κ1) is 12.0. The molecule has 0 spiro atoms. The second-order valence-corrected chi connectivity index (χ2v) is 4.94. The van der Waals surface area contributed by atoms with Crippen LogP contribution in [0.4, 0.5) is 0 Å². The van der Waals surface area contributed by atoms with Crippen LogP contribution in [0.15, 0.2) is 0 Å². The van der Waals surface area contributed by atoms with Crippen molar-refractivity contribution in [1.82, 2.24) is 4.90 Å². The third-order valence-electron chi connectivity index (χ3n) is 3.53. The lowest BCUT2D eigenvalue weighted by Crippen LogP contribution is -2.59. The maximum absolute atomic E-state index is 9.06. The summed E-state index contributed by atoms with van der Waals surface area (Å²) in [6.07, 6.45) is 5.30. The molecule has 1 fully saturated rings. The Kier molecular flexibility index (Phi) is 4.39. The fourth-order valence-corrected chi connectivity index (χ4v) is 2.74. The van der Waals surface area contributed by atoms with Crippen molar-refractivity contribution < 1.29 is 5.11 Å². The van der Waals surface area contributed by atoms with Gasteiger partial charge >= 0.3 is 0 Å². The van der Waals surface area contributed by atoms with Crippen molar-refractivity contribution in [1.29, 1.82) is 0 Å². The van der Waals surface area contributed by atoms with Gasteiger partial charge in [0.25, 0.3) is 0 Å². The summed E-state index contributed by atoms with van der Waals surface area (Å²) in [4.78, 5) is 2.41. The highest BCUT2D eigenvalue weighted by Crippen LogP contribution is 2.40. The minimum atomic E-state index is 0.300. The number of nitrogens with zero attached hydrogens (tertiary/aromatic N) is 1. The highest BCUT2D eigenvalue weighted by atomic mass is 16.3. The molecule has 2 heteroatoms. The zero-order chi connectivity index (χ0) is 10.6. The first-order valence-corrected chi connectivity index (χ1v) is 6.02. The van der Waals surface area contributed by atoms with Crippen LogP contribution in [0.5, 0.6) is 0 Å². The van der Waals surface area contributed by atoms with Gasteiger partial charge in [-0.3, -0.25) is 4.90 Å². The van der Waals surface area contributed by atoms with E-state index in [4.69, 9.17) is 5.11 Å². The minimum Gasteiger partial charge on any atom is -0.395 e. The molecule has 1 saturated heterocycles. The van der Waals surface area contributed by atoms with Gasteiger partial charge in [0, 0.05) is 19.1 Å². The summed E-state index contributed by atoms with van der Waals surface area (Å²) in [5.41, 5.74) is 0.590. The Morgan fingerprint density at radius 1 is 1.21 bits per heavy atom. The standard InChI is InChI=1S/C12H25NO/c1-4-6-12(7-5-2)9-13(10-12)11(3)8-14/h11,14H,4-10H2,1-3H3/t11-/m0/s1. The summed E-state index contributed by atoms with van der Waals surface area (Å²) in [6.45, 7) is 9.37. The van der Waals surface area contributed by atoms with Gasteiger partial charge in [-0.2, -0.15) is 0 Å². The monoisotopic (exact) mass is 199 g/mol. The normalized spacial score (nSPS) is 23.1. The van der Waals surface area contributed by atoms with Crippen LogP contribution in [0, 0.1) is 5.41 Å². The molecule has 0 aliphatic carbocycles. The fraction of sp³-hybridized carbons (Fsp3) is 1.00. The van der Waals surface area contributed by atoms with Gasteiger partial charge in [0.05, 0.1) is 6.61 Å². The molecule has 0 saturated carbocycles. The summed E-state index contributed by atoms with van der Waals surface area (Å²) < 4.78 is 0. The van der Waals surface area contributed by atoms with Gasteiger partial charge in [-0.1, -0.05) is 26.7 Å². The number of likely N-dealkylation sites (tertiary alicyclic amines) is 1. The predicted molar refractivity (Wildman–Crippen MR) is 60.4 cm³/mol. The molecule has 1 heterocycles. The predicted octanol–water partition coefficient (Wildman–Crippen LogP) is 2.27. The Bertz CT molecular complexity index is 156. The Balaban J connectivity index is 2.38. The first-order chi connectivity index (χ1) is 6.67. The largest absolute Gasteiger partial charge is 0.395 e. The average molecular weight is 199 g/mol. The first-order valence-electron chi connectivity index (χ1n) is 6.02. The molecule has 0 unspecified atom stereocenters. The SMILES string of the molecule is CCCC1(CCC)CN([C@@H](C)CO)C1. The fourth-order valence-electron chi connectivity index (χ4n) is 2.74. The minimum absolute atomic E-state index is 0.300. The number of hydrogen-bond acceptors (Lipinski definition) is 2. The zero-order valence-corrected chi connectivity index (χ0v) is 9.92. The quantitative estimate of drug-likeness (QED) is 0.709. The molecule has 84 valence electrons. The van der Waals surface area contributed by atoms with Gasteiger partial charge in [0.15, 0.2) is 0 Å². The summed E-state index contributed by atoms with van der Waals surface area (Å²) in [7, 11) is 0. The molecule has 0 aromatic carbocycles. The van der Waals surface area contributed by atoms with Crippen molar-refractivity contribution in [3.63, 3.8) is 0 Å². The van der Waals surface area contributed by atoms with Gasteiger partial charge in [-0.15, -0.1) is 0 Å². The molecule has 1 aliphatic heterocycles. The summed E-state index contributed by atoms with van der Waals surface area (Å²) >= 11 is 0. The molecule has 1 aliphatic rings. The lowest BCUT2D eigenvalue weighted by molar-refractivity contribution is -0.0515. The van der Waals surface area contributed by atoms with E-state index in [-0.39, 0.29) is 0 Å². The molecule has 1 atom stereocenters. The van der Waals surface area contributed by atoms with Crippen LogP contribution in [-0.2, 0) is 0 Å². The Morgan fingerprint density at radius 2 is 1.71 bits per heavy atom. The molecule has 2 nitrogen and oxygen atoms in total. The molecule has 0 aromatic heterocycles. The van der Waals surface area contributed by atoms with Crippen LogP contribution in [0.3, 0.4) is 0 Å². The molecular formula is C12H25NO. The third-order valence-corrected chi connectivity index (χ3v) is 3.53. The van der Waals surface area contributed by atoms with Crippen molar-refractivity contribution in [3.8, 4) is 0 Å². The van der Waals surface area contributed by atoms with Crippen LogP contribution >= 0.6 is 0 Å². The van der Waals surface area contributed by atoms with Crippen molar-refractivity contribution in [3.05, 3.63) is 0 Å². The number of rotatable bonds is 6. The number of aliphatic hydroxyl groups is 1. The number of hydrogen-bond donors (Lipinski definition) is 1. The molecule has 1 N–H and O–H groups in total. The second kappa shape index (κ2) is 5.13. The molecule has 14 heavy (non-hydrogen) atoms.